The fourth-order valence-electron chi connectivity index (χ4n) is 1.34. The highest BCUT2D eigenvalue weighted by molar-refractivity contribution is 5.53. The van der Waals surface area contributed by atoms with E-state index in [4.69, 9.17) is 0 Å². The number of aliphatic hydroxyl groups excluding tert-OH is 2. The molecule has 0 spiro atoms. The summed E-state index contributed by atoms with van der Waals surface area (Å²) in [6.07, 6.45) is 2.72. The van der Waals surface area contributed by atoms with Gasteiger partial charge in [-0.25, -0.2) is 4.98 Å². The summed E-state index contributed by atoms with van der Waals surface area (Å²) in [4.78, 5) is 4.18. The Balaban J connectivity index is 2.71. The van der Waals surface area contributed by atoms with Crippen LogP contribution < -0.4 is 10.6 Å². The van der Waals surface area contributed by atoms with Crippen LogP contribution in [0, 0.1) is 0 Å². The van der Waals surface area contributed by atoms with Crippen molar-refractivity contribution >= 4 is 11.5 Å². The van der Waals surface area contributed by atoms with Gasteiger partial charge in [0, 0.05) is 24.5 Å². The molecule has 0 atom stereocenters. The molecule has 17 heavy (non-hydrogen) atoms. The number of aromatic nitrogens is 1. The number of rotatable bonds is 7. The lowest BCUT2D eigenvalue weighted by atomic mass is 10.1. The second-order valence-electron chi connectivity index (χ2n) is 4.36. The molecule has 1 aromatic rings. The van der Waals surface area contributed by atoms with E-state index in [1.807, 2.05) is 6.07 Å². The minimum atomic E-state index is -0.719. The molecule has 0 fully saturated rings. The van der Waals surface area contributed by atoms with Crippen LogP contribution in [0.5, 0.6) is 0 Å². The molecular weight excluding hydrogens is 218 g/mol. The highest BCUT2D eigenvalue weighted by Crippen LogP contribution is 2.17. The molecule has 1 heterocycles. The lowest BCUT2D eigenvalue weighted by molar-refractivity contribution is 0.147. The van der Waals surface area contributed by atoms with Gasteiger partial charge >= 0.3 is 0 Å². The Bertz CT molecular complexity index is 340. The average Bonchev–Trinajstić information content (AvgIpc) is 2.36. The largest absolute Gasteiger partial charge is 0.394 e. The number of nitrogens with zero attached hydrogens (tertiary/aromatic N) is 1. The second kappa shape index (κ2) is 6.42. The fourth-order valence-corrected chi connectivity index (χ4v) is 1.34. The summed E-state index contributed by atoms with van der Waals surface area (Å²) in [5.41, 5.74) is 0.104. The first-order valence-corrected chi connectivity index (χ1v) is 5.83. The summed E-state index contributed by atoms with van der Waals surface area (Å²) in [6.45, 7) is 4.44. The maximum atomic E-state index is 9.20. The van der Waals surface area contributed by atoms with Crippen LogP contribution >= 0.6 is 0 Å². The van der Waals surface area contributed by atoms with Gasteiger partial charge < -0.3 is 20.8 Å². The van der Waals surface area contributed by atoms with Gasteiger partial charge in [0.25, 0.3) is 0 Å². The summed E-state index contributed by atoms with van der Waals surface area (Å²) in [7, 11) is 0. The minimum Gasteiger partial charge on any atom is -0.394 e. The Morgan fingerprint density at radius 2 is 2.06 bits per heavy atom. The van der Waals surface area contributed by atoms with Crippen LogP contribution in [0.25, 0.3) is 0 Å². The second-order valence-corrected chi connectivity index (χ2v) is 4.36. The van der Waals surface area contributed by atoms with Gasteiger partial charge in [-0.1, -0.05) is 6.92 Å². The van der Waals surface area contributed by atoms with Crippen molar-refractivity contribution in [1.29, 1.82) is 0 Å². The van der Waals surface area contributed by atoms with Gasteiger partial charge in [-0.2, -0.15) is 0 Å². The number of pyridine rings is 1. The van der Waals surface area contributed by atoms with Crippen LogP contribution in [0.4, 0.5) is 11.5 Å². The Hall–Kier alpha value is -1.33. The van der Waals surface area contributed by atoms with E-state index in [9.17, 15) is 10.2 Å². The summed E-state index contributed by atoms with van der Waals surface area (Å²) < 4.78 is 0. The van der Waals surface area contributed by atoms with Crippen LogP contribution in [0.3, 0.4) is 0 Å². The van der Waals surface area contributed by atoms with Crippen LogP contribution in [0.1, 0.15) is 20.3 Å². The van der Waals surface area contributed by atoms with Crippen molar-refractivity contribution < 1.29 is 10.2 Å². The molecule has 5 heteroatoms. The SMILES string of the molecule is CCCNc1cc(NC(C)(CO)CO)ccn1. The van der Waals surface area contributed by atoms with Gasteiger partial charge in [-0.15, -0.1) is 0 Å². The van der Waals surface area contributed by atoms with Gasteiger partial charge in [0.1, 0.15) is 5.82 Å². The van der Waals surface area contributed by atoms with E-state index in [0.717, 1.165) is 24.5 Å². The van der Waals surface area contributed by atoms with Crippen molar-refractivity contribution in [3.63, 3.8) is 0 Å². The zero-order valence-electron chi connectivity index (χ0n) is 10.4. The maximum absolute atomic E-state index is 9.20. The molecule has 4 N–H and O–H groups in total. The zero-order valence-corrected chi connectivity index (χ0v) is 10.4. The number of hydrogen-bond acceptors (Lipinski definition) is 5. The molecule has 0 saturated heterocycles. The van der Waals surface area contributed by atoms with E-state index in [-0.39, 0.29) is 13.2 Å². The third kappa shape index (κ3) is 4.20. The zero-order chi connectivity index (χ0) is 12.7. The van der Waals surface area contributed by atoms with Crippen LogP contribution in [-0.4, -0.2) is 40.5 Å². The minimum absolute atomic E-state index is 0.135. The molecule has 0 saturated carbocycles. The monoisotopic (exact) mass is 239 g/mol. The first-order chi connectivity index (χ1) is 8.13. The predicted octanol–water partition coefficient (Wildman–Crippen LogP) is 1.06. The number of anilines is 2. The molecule has 5 nitrogen and oxygen atoms in total. The molecule has 0 aliphatic rings. The molecule has 1 aromatic heterocycles. The van der Waals surface area contributed by atoms with E-state index in [1.54, 1.807) is 19.2 Å². The molecule has 0 aliphatic heterocycles. The lowest BCUT2D eigenvalue weighted by Gasteiger charge is -2.27. The average molecular weight is 239 g/mol. The Morgan fingerprint density at radius 3 is 2.65 bits per heavy atom. The van der Waals surface area contributed by atoms with Crippen molar-refractivity contribution in [2.24, 2.45) is 0 Å². The molecular formula is C12H21N3O2. The van der Waals surface area contributed by atoms with Crippen LogP contribution in [0.15, 0.2) is 18.3 Å². The third-order valence-electron chi connectivity index (χ3n) is 2.46. The Kier molecular flexibility index (Phi) is 5.18. The molecule has 0 aliphatic carbocycles. The van der Waals surface area contributed by atoms with Crippen molar-refractivity contribution in [2.75, 3.05) is 30.4 Å². The highest BCUT2D eigenvalue weighted by Gasteiger charge is 2.21. The topological polar surface area (TPSA) is 77.4 Å². The summed E-state index contributed by atoms with van der Waals surface area (Å²) >= 11 is 0. The number of hydrogen-bond donors (Lipinski definition) is 4. The van der Waals surface area contributed by atoms with E-state index in [1.165, 1.54) is 0 Å². The smallest absolute Gasteiger partial charge is 0.127 e. The van der Waals surface area contributed by atoms with Crippen molar-refractivity contribution in [1.82, 2.24) is 4.98 Å². The summed E-state index contributed by atoms with van der Waals surface area (Å²) in [5, 5.41) is 24.7. The van der Waals surface area contributed by atoms with E-state index in [2.05, 4.69) is 22.5 Å². The van der Waals surface area contributed by atoms with Gasteiger partial charge in [-0.05, 0) is 19.4 Å². The van der Waals surface area contributed by atoms with Gasteiger partial charge in [0.05, 0.1) is 18.8 Å². The number of aliphatic hydroxyl groups is 2. The van der Waals surface area contributed by atoms with E-state index < -0.39 is 5.54 Å². The maximum Gasteiger partial charge on any atom is 0.127 e. The molecule has 1 rings (SSSR count). The first-order valence-electron chi connectivity index (χ1n) is 5.83. The quantitative estimate of drug-likeness (QED) is 0.572. The third-order valence-corrected chi connectivity index (χ3v) is 2.46. The molecule has 0 bridgehead atoms. The molecule has 0 radical (unpaired) electrons. The molecule has 96 valence electrons. The van der Waals surface area contributed by atoms with Crippen molar-refractivity contribution in [3.05, 3.63) is 18.3 Å². The Labute approximate surface area is 102 Å². The highest BCUT2D eigenvalue weighted by atomic mass is 16.3. The van der Waals surface area contributed by atoms with Crippen molar-refractivity contribution in [3.8, 4) is 0 Å². The van der Waals surface area contributed by atoms with Crippen molar-refractivity contribution in [2.45, 2.75) is 25.8 Å². The normalized spacial score (nSPS) is 11.3. The van der Waals surface area contributed by atoms with Gasteiger partial charge in [-0.3, -0.25) is 0 Å². The van der Waals surface area contributed by atoms with Gasteiger partial charge in [0.2, 0.25) is 0 Å². The summed E-state index contributed by atoms with van der Waals surface area (Å²) in [6, 6.07) is 3.67. The first kappa shape index (κ1) is 13.7. The van der Waals surface area contributed by atoms with E-state index >= 15 is 0 Å². The molecule has 0 aromatic carbocycles. The summed E-state index contributed by atoms with van der Waals surface area (Å²) in [5.74, 6) is 0.787. The van der Waals surface area contributed by atoms with E-state index in [0.29, 0.717) is 0 Å². The predicted molar refractivity (Wildman–Crippen MR) is 69.2 cm³/mol. The van der Waals surface area contributed by atoms with Crippen LogP contribution in [-0.2, 0) is 0 Å². The lowest BCUT2D eigenvalue weighted by Crippen LogP contribution is -2.42. The van der Waals surface area contributed by atoms with Gasteiger partial charge in [0.15, 0.2) is 0 Å². The fraction of sp³-hybridized carbons (Fsp3) is 0.583. The Morgan fingerprint density at radius 1 is 1.35 bits per heavy atom. The van der Waals surface area contributed by atoms with Crippen LogP contribution in [0.2, 0.25) is 0 Å². The molecule has 0 unspecified atom stereocenters. The molecule has 0 amide bonds. The number of nitrogens with one attached hydrogen (secondary N) is 2. The standard InChI is InChI=1S/C12H21N3O2/c1-3-5-13-11-7-10(4-6-14-11)15-12(2,8-16)9-17/h4,6-7,16-17H,3,5,8-9H2,1-2H3,(H2,13,14,15).